The molecule has 0 unspecified atom stereocenters. The monoisotopic (exact) mass is 273 g/mol. The number of hydrogen-bond donors (Lipinski definition) is 1. The Bertz CT molecular complexity index is 909. The van der Waals surface area contributed by atoms with Gasteiger partial charge in [0, 0.05) is 0 Å². The number of nitrogens with zero attached hydrogens (tertiary/aromatic N) is 4. The second-order valence-electron chi connectivity index (χ2n) is 4.57. The average molecular weight is 273 g/mol. The van der Waals surface area contributed by atoms with E-state index >= 15 is 0 Å². The number of para-hydroxylation sites is 2. The normalized spacial score (nSPS) is 10.2. The van der Waals surface area contributed by atoms with Crippen molar-refractivity contribution in [2.45, 2.75) is 6.42 Å². The molecule has 0 saturated carbocycles. The molecular formula is C16H11N5. The Kier molecular flexibility index (Phi) is 3.02. The van der Waals surface area contributed by atoms with Gasteiger partial charge >= 0.3 is 0 Å². The van der Waals surface area contributed by atoms with Crippen LogP contribution in [0.5, 0.6) is 0 Å². The van der Waals surface area contributed by atoms with Crippen molar-refractivity contribution in [2.24, 2.45) is 0 Å². The van der Waals surface area contributed by atoms with Gasteiger partial charge in [-0.2, -0.15) is 10.5 Å². The van der Waals surface area contributed by atoms with Crippen molar-refractivity contribution in [1.82, 2.24) is 9.55 Å². The third kappa shape index (κ3) is 2.07. The molecule has 0 bridgehead atoms. The number of benzene rings is 2. The van der Waals surface area contributed by atoms with E-state index in [0.717, 1.165) is 16.7 Å². The summed E-state index contributed by atoms with van der Waals surface area (Å²) in [5.41, 5.74) is 9.48. The quantitative estimate of drug-likeness (QED) is 0.726. The van der Waals surface area contributed by atoms with Gasteiger partial charge in [0.15, 0.2) is 0 Å². The molecular weight excluding hydrogens is 262 g/mol. The number of nitrogen functional groups attached to an aromatic ring is 1. The summed E-state index contributed by atoms with van der Waals surface area (Å²) in [6, 6.07) is 16.9. The topological polar surface area (TPSA) is 91.4 Å². The fourth-order valence-electron chi connectivity index (χ4n) is 2.36. The Morgan fingerprint density at radius 3 is 2.67 bits per heavy atom. The summed E-state index contributed by atoms with van der Waals surface area (Å²) < 4.78 is 1.87. The van der Waals surface area contributed by atoms with Crippen LogP contribution in [-0.2, 0) is 6.42 Å². The van der Waals surface area contributed by atoms with Gasteiger partial charge in [-0.15, -0.1) is 0 Å². The number of imidazole rings is 1. The summed E-state index contributed by atoms with van der Waals surface area (Å²) in [5, 5.41) is 17.9. The molecule has 1 aromatic heterocycles. The highest BCUT2D eigenvalue weighted by molar-refractivity contribution is 5.80. The van der Waals surface area contributed by atoms with E-state index in [1.165, 1.54) is 0 Å². The standard InChI is InChI=1S/C16H11N5/c17-8-7-16-20-13-3-1-2-4-15(13)21(16)14-6-5-11(10-18)9-12(14)19/h1-6,9H,7,19H2. The first kappa shape index (κ1) is 12.7. The minimum Gasteiger partial charge on any atom is -0.397 e. The Hall–Kier alpha value is -3.31. The van der Waals surface area contributed by atoms with Crippen molar-refractivity contribution < 1.29 is 0 Å². The van der Waals surface area contributed by atoms with E-state index < -0.39 is 0 Å². The zero-order chi connectivity index (χ0) is 14.8. The fourth-order valence-corrected chi connectivity index (χ4v) is 2.36. The van der Waals surface area contributed by atoms with E-state index in [9.17, 15) is 0 Å². The third-order valence-corrected chi connectivity index (χ3v) is 3.26. The van der Waals surface area contributed by atoms with Gasteiger partial charge in [0.25, 0.3) is 0 Å². The van der Waals surface area contributed by atoms with Crippen LogP contribution in [0.3, 0.4) is 0 Å². The zero-order valence-electron chi connectivity index (χ0n) is 11.1. The number of nitriles is 2. The molecule has 0 atom stereocenters. The molecule has 0 aliphatic heterocycles. The smallest absolute Gasteiger partial charge is 0.128 e. The molecule has 21 heavy (non-hydrogen) atoms. The van der Waals surface area contributed by atoms with Crippen molar-refractivity contribution in [3.05, 3.63) is 53.9 Å². The molecule has 0 fully saturated rings. The summed E-state index contributed by atoms with van der Waals surface area (Å²) in [5.74, 6) is 0.634. The lowest BCUT2D eigenvalue weighted by atomic mass is 10.2. The first-order valence-electron chi connectivity index (χ1n) is 6.38. The zero-order valence-corrected chi connectivity index (χ0v) is 11.1. The second kappa shape index (κ2) is 4.99. The van der Waals surface area contributed by atoms with Crippen molar-refractivity contribution >= 4 is 16.7 Å². The van der Waals surface area contributed by atoms with Gasteiger partial charge in [0.1, 0.15) is 5.82 Å². The van der Waals surface area contributed by atoms with Crippen LogP contribution in [-0.4, -0.2) is 9.55 Å². The molecule has 2 N–H and O–H groups in total. The maximum Gasteiger partial charge on any atom is 0.128 e. The van der Waals surface area contributed by atoms with Crippen molar-refractivity contribution in [1.29, 1.82) is 10.5 Å². The van der Waals surface area contributed by atoms with E-state index in [1.54, 1.807) is 18.2 Å². The summed E-state index contributed by atoms with van der Waals surface area (Å²) >= 11 is 0. The van der Waals surface area contributed by atoms with Gasteiger partial charge in [-0.05, 0) is 30.3 Å². The van der Waals surface area contributed by atoms with Crippen LogP contribution in [0.15, 0.2) is 42.5 Å². The van der Waals surface area contributed by atoms with E-state index in [4.69, 9.17) is 16.3 Å². The van der Waals surface area contributed by atoms with Crippen LogP contribution in [0.25, 0.3) is 16.7 Å². The second-order valence-corrected chi connectivity index (χ2v) is 4.57. The van der Waals surface area contributed by atoms with Gasteiger partial charge in [0.2, 0.25) is 0 Å². The molecule has 3 aromatic rings. The Labute approximate surface area is 121 Å². The minimum atomic E-state index is 0.189. The third-order valence-electron chi connectivity index (χ3n) is 3.26. The Balaban J connectivity index is 2.31. The summed E-state index contributed by atoms with van der Waals surface area (Å²) in [6.45, 7) is 0. The first-order chi connectivity index (χ1) is 10.2. The van der Waals surface area contributed by atoms with Crippen LogP contribution < -0.4 is 5.73 Å². The summed E-state index contributed by atoms with van der Waals surface area (Å²) in [6.07, 6.45) is 0.189. The van der Waals surface area contributed by atoms with Crippen LogP contribution in [0, 0.1) is 22.7 Å². The van der Waals surface area contributed by atoms with Gasteiger partial charge in [-0.3, -0.25) is 4.57 Å². The molecule has 0 spiro atoms. The molecule has 1 heterocycles. The van der Waals surface area contributed by atoms with Crippen molar-refractivity contribution in [3.8, 4) is 17.8 Å². The van der Waals surface area contributed by atoms with Gasteiger partial charge < -0.3 is 5.73 Å². The fraction of sp³-hybridized carbons (Fsp3) is 0.0625. The molecule has 3 rings (SSSR count). The molecule has 100 valence electrons. The first-order valence-corrected chi connectivity index (χ1v) is 6.38. The number of aromatic nitrogens is 2. The molecule has 0 saturated heterocycles. The Morgan fingerprint density at radius 2 is 1.95 bits per heavy atom. The highest BCUT2D eigenvalue weighted by Gasteiger charge is 2.14. The molecule has 0 aliphatic carbocycles. The highest BCUT2D eigenvalue weighted by atomic mass is 15.1. The summed E-state index contributed by atoms with van der Waals surface area (Å²) in [7, 11) is 0. The summed E-state index contributed by atoms with van der Waals surface area (Å²) in [4.78, 5) is 4.48. The van der Waals surface area contributed by atoms with Crippen molar-refractivity contribution in [3.63, 3.8) is 0 Å². The van der Waals surface area contributed by atoms with Gasteiger partial charge in [-0.1, -0.05) is 12.1 Å². The average Bonchev–Trinajstić information content (AvgIpc) is 2.85. The maximum atomic E-state index is 8.99. The van der Waals surface area contributed by atoms with Crippen LogP contribution in [0.1, 0.15) is 11.4 Å². The van der Waals surface area contributed by atoms with E-state index in [2.05, 4.69) is 17.1 Å². The van der Waals surface area contributed by atoms with Gasteiger partial charge in [0.05, 0.1) is 46.5 Å². The lowest BCUT2D eigenvalue weighted by Crippen LogP contribution is -2.04. The maximum absolute atomic E-state index is 8.99. The highest BCUT2D eigenvalue weighted by Crippen LogP contribution is 2.26. The van der Waals surface area contributed by atoms with Gasteiger partial charge in [-0.25, -0.2) is 4.98 Å². The molecule has 0 aliphatic rings. The molecule has 0 amide bonds. The number of hydrogen-bond acceptors (Lipinski definition) is 4. The van der Waals surface area contributed by atoms with Crippen LogP contribution in [0.2, 0.25) is 0 Å². The largest absolute Gasteiger partial charge is 0.397 e. The molecule has 0 radical (unpaired) electrons. The number of fused-ring (bicyclic) bond motifs is 1. The SMILES string of the molecule is N#CCc1nc2ccccc2n1-c1ccc(C#N)cc1N. The van der Waals surface area contributed by atoms with Crippen LogP contribution >= 0.6 is 0 Å². The lowest BCUT2D eigenvalue weighted by Gasteiger charge is -2.10. The predicted octanol–water partition coefficient (Wildman–Crippen LogP) is 2.55. The minimum absolute atomic E-state index is 0.189. The van der Waals surface area contributed by atoms with Crippen LogP contribution in [0.4, 0.5) is 5.69 Å². The predicted molar refractivity (Wildman–Crippen MR) is 79.5 cm³/mol. The molecule has 5 nitrogen and oxygen atoms in total. The number of nitrogens with two attached hydrogens (primary N) is 1. The number of rotatable bonds is 2. The molecule has 2 aromatic carbocycles. The van der Waals surface area contributed by atoms with E-state index in [1.807, 2.05) is 28.8 Å². The lowest BCUT2D eigenvalue weighted by molar-refractivity contribution is 0.956. The molecule has 5 heteroatoms. The van der Waals surface area contributed by atoms with E-state index in [0.29, 0.717) is 17.1 Å². The number of anilines is 1. The van der Waals surface area contributed by atoms with Crippen molar-refractivity contribution in [2.75, 3.05) is 5.73 Å². The van der Waals surface area contributed by atoms with E-state index in [-0.39, 0.29) is 6.42 Å². The Morgan fingerprint density at radius 1 is 1.14 bits per heavy atom.